The number of nitrogens with zero attached hydrogens (tertiary/aromatic N) is 3. The van der Waals surface area contributed by atoms with Crippen LogP contribution in [0.5, 0.6) is 0 Å². The highest BCUT2D eigenvalue weighted by Gasteiger charge is 2.35. The molecule has 5 heteroatoms. The molecular formula is C48H34N4O. The molecule has 10 aromatic rings. The van der Waals surface area contributed by atoms with Crippen LogP contribution < -0.4 is 5.73 Å². The van der Waals surface area contributed by atoms with Crippen LogP contribution in [0.2, 0.25) is 0 Å². The maximum absolute atomic E-state index is 6.66. The van der Waals surface area contributed by atoms with Crippen LogP contribution in [0, 0.1) is 0 Å². The van der Waals surface area contributed by atoms with Crippen LogP contribution in [-0.4, -0.2) is 15.1 Å². The standard InChI is InChI=1S/C48H34N4O/c1-48(2)37-17-9-6-14-31(37)32-22-21-30(25-38(32)48)44(34-16-7-10-18-39(34)49)50-27-28-20-23-42-36(24-28)43-45-35(33-15-8-11-19-41(33)52(42)45)26-40-46(43)53-47(51-40)29-12-4-3-5-13-29/h3-26H,27,49H2,1-2H3. The first kappa shape index (κ1) is 30.0. The van der Waals surface area contributed by atoms with Gasteiger partial charge in [0.2, 0.25) is 5.89 Å². The summed E-state index contributed by atoms with van der Waals surface area (Å²) in [7, 11) is 0. The Bertz CT molecular complexity index is 3130. The average Bonchev–Trinajstić information content (AvgIpc) is 3.92. The molecule has 0 radical (unpaired) electrons. The minimum atomic E-state index is -0.122. The van der Waals surface area contributed by atoms with Crippen molar-refractivity contribution < 1.29 is 4.42 Å². The van der Waals surface area contributed by atoms with Gasteiger partial charge in [0, 0.05) is 44.0 Å². The molecule has 0 amide bonds. The molecular weight excluding hydrogens is 649 g/mol. The molecule has 3 aromatic heterocycles. The van der Waals surface area contributed by atoms with Gasteiger partial charge in [-0.05, 0) is 76.3 Å². The summed E-state index contributed by atoms with van der Waals surface area (Å²) in [5.74, 6) is 0.625. The minimum Gasteiger partial charge on any atom is -0.435 e. The number of aliphatic imine (C=N–C) groups is 1. The molecule has 7 aromatic carbocycles. The highest BCUT2D eigenvalue weighted by atomic mass is 16.3. The highest BCUT2D eigenvalue weighted by Crippen LogP contribution is 2.49. The van der Waals surface area contributed by atoms with Crippen LogP contribution in [0.4, 0.5) is 5.69 Å². The molecule has 0 aliphatic heterocycles. The highest BCUT2D eigenvalue weighted by molar-refractivity contribution is 6.30. The molecule has 0 unspecified atom stereocenters. The zero-order valence-electron chi connectivity index (χ0n) is 29.4. The van der Waals surface area contributed by atoms with Gasteiger partial charge in [0.05, 0.1) is 34.2 Å². The Morgan fingerprint density at radius 2 is 1.45 bits per heavy atom. The van der Waals surface area contributed by atoms with Gasteiger partial charge >= 0.3 is 0 Å². The quantitative estimate of drug-likeness (QED) is 0.145. The molecule has 5 nitrogen and oxygen atoms in total. The monoisotopic (exact) mass is 682 g/mol. The van der Waals surface area contributed by atoms with E-state index in [0.717, 1.165) is 60.9 Å². The van der Waals surface area contributed by atoms with Crippen molar-refractivity contribution >= 4 is 60.6 Å². The maximum atomic E-state index is 6.66. The van der Waals surface area contributed by atoms with Crippen LogP contribution in [0.1, 0.15) is 41.7 Å². The van der Waals surface area contributed by atoms with Crippen molar-refractivity contribution in [3.8, 4) is 22.6 Å². The Kier molecular flexibility index (Phi) is 6.16. The number of anilines is 1. The van der Waals surface area contributed by atoms with Crippen LogP contribution in [0.15, 0.2) is 155 Å². The van der Waals surface area contributed by atoms with Gasteiger partial charge < -0.3 is 14.6 Å². The molecule has 0 atom stereocenters. The summed E-state index contributed by atoms with van der Waals surface area (Å²) in [6.07, 6.45) is 0. The lowest BCUT2D eigenvalue weighted by molar-refractivity contribution is 0.623. The molecule has 53 heavy (non-hydrogen) atoms. The summed E-state index contributed by atoms with van der Waals surface area (Å²) in [5, 5.41) is 4.59. The van der Waals surface area contributed by atoms with Crippen LogP contribution in [0.25, 0.3) is 71.8 Å². The second kappa shape index (κ2) is 10.9. The zero-order valence-corrected chi connectivity index (χ0v) is 29.4. The van der Waals surface area contributed by atoms with E-state index < -0.39 is 0 Å². The van der Waals surface area contributed by atoms with Crippen molar-refractivity contribution in [2.45, 2.75) is 25.8 Å². The first-order valence-electron chi connectivity index (χ1n) is 18.2. The molecule has 0 spiro atoms. The summed E-state index contributed by atoms with van der Waals surface area (Å²) in [4.78, 5) is 10.4. The van der Waals surface area contributed by atoms with E-state index in [1.54, 1.807) is 0 Å². The van der Waals surface area contributed by atoms with Gasteiger partial charge in [-0.25, -0.2) is 4.98 Å². The van der Waals surface area contributed by atoms with Gasteiger partial charge in [-0.1, -0.05) is 111 Å². The Morgan fingerprint density at radius 1 is 0.698 bits per heavy atom. The van der Waals surface area contributed by atoms with Gasteiger partial charge in [-0.15, -0.1) is 0 Å². The SMILES string of the molecule is CC1(C)c2ccccc2-c2ccc(C(=NCc3ccc4c(c3)c3c5oc(-c6ccccc6)nc5cc5c6ccccc6n4c53)c3ccccc3N)cc21. The number of hydrogen-bond donors (Lipinski definition) is 1. The second-order valence-electron chi connectivity index (χ2n) is 14.8. The van der Waals surface area contributed by atoms with Gasteiger partial charge in [0.15, 0.2) is 5.58 Å². The summed E-state index contributed by atoms with van der Waals surface area (Å²) >= 11 is 0. The average molecular weight is 683 g/mol. The van der Waals surface area contributed by atoms with E-state index in [-0.39, 0.29) is 5.41 Å². The lowest BCUT2D eigenvalue weighted by Crippen LogP contribution is -2.16. The van der Waals surface area contributed by atoms with Crippen molar-refractivity contribution in [1.82, 2.24) is 9.38 Å². The van der Waals surface area contributed by atoms with Crippen molar-refractivity contribution in [2.24, 2.45) is 4.99 Å². The Labute approximate surface area is 306 Å². The minimum absolute atomic E-state index is 0.122. The molecule has 0 bridgehead atoms. The Hall–Kier alpha value is -6.72. The largest absolute Gasteiger partial charge is 0.435 e. The Balaban J connectivity index is 1.10. The number of benzene rings is 7. The first-order valence-corrected chi connectivity index (χ1v) is 18.2. The third-order valence-corrected chi connectivity index (χ3v) is 11.4. The topological polar surface area (TPSA) is 68.8 Å². The first-order chi connectivity index (χ1) is 26.0. The van der Waals surface area contributed by atoms with Crippen molar-refractivity contribution in [1.29, 1.82) is 0 Å². The third kappa shape index (κ3) is 4.25. The van der Waals surface area contributed by atoms with Crippen LogP contribution >= 0.6 is 0 Å². The predicted molar refractivity (Wildman–Crippen MR) is 218 cm³/mol. The fourth-order valence-electron chi connectivity index (χ4n) is 8.86. The summed E-state index contributed by atoms with van der Waals surface area (Å²) in [5.41, 5.74) is 22.6. The van der Waals surface area contributed by atoms with Crippen molar-refractivity contribution in [3.63, 3.8) is 0 Å². The Morgan fingerprint density at radius 3 is 2.34 bits per heavy atom. The predicted octanol–water partition coefficient (Wildman–Crippen LogP) is 11.6. The normalized spacial score (nSPS) is 13.9. The number of oxazole rings is 1. The smallest absolute Gasteiger partial charge is 0.227 e. The number of hydrogen-bond acceptors (Lipinski definition) is 4. The van der Waals surface area contributed by atoms with Crippen LogP contribution in [-0.2, 0) is 12.0 Å². The molecule has 0 fully saturated rings. The van der Waals surface area contributed by atoms with E-state index in [2.05, 4.69) is 115 Å². The zero-order chi connectivity index (χ0) is 35.4. The van der Waals surface area contributed by atoms with Gasteiger partial charge in [0.25, 0.3) is 0 Å². The third-order valence-electron chi connectivity index (χ3n) is 11.4. The lowest BCUT2D eigenvalue weighted by atomic mass is 9.81. The molecule has 1 aliphatic carbocycles. The van der Waals surface area contributed by atoms with Crippen molar-refractivity contribution in [2.75, 3.05) is 5.73 Å². The molecule has 252 valence electrons. The molecule has 3 heterocycles. The summed E-state index contributed by atoms with van der Waals surface area (Å²) < 4.78 is 9.03. The van der Waals surface area contributed by atoms with Crippen LogP contribution in [0.3, 0.4) is 0 Å². The number of aromatic nitrogens is 2. The van der Waals surface area contributed by atoms with E-state index >= 15 is 0 Å². The lowest BCUT2D eigenvalue weighted by Gasteiger charge is -2.22. The van der Waals surface area contributed by atoms with Crippen molar-refractivity contribution in [3.05, 3.63) is 173 Å². The molecule has 1 aliphatic rings. The fraction of sp³-hybridized carbons (Fsp3) is 0.0833. The number of nitrogens with two attached hydrogens (primary N) is 1. The van der Waals surface area contributed by atoms with E-state index in [1.165, 1.54) is 38.5 Å². The summed E-state index contributed by atoms with van der Waals surface area (Å²) in [6.45, 7) is 5.11. The maximum Gasteiger partial charge on any atom is 0.227 e. The second-order valence-corrected chi connectivity index (χ2v) is 14.8. The van der Waals surface area contributed by atoms with Gasteiger partial charge in [-0.2, -0.15) is 0 Å². The van der Waals surface area contributed by atoms with E-state index in [4.69, 9.17) is 20.1 Å². The number of nitrogen functional groups attached to an aromatic ring is 1. The molecule has 0 saturated carbocycles. The molecule has 11 rings (SSSR count). The number of para-hydroxylation sites is 2. The molecule has 2 N–H and O–H groups in total. The number of fused-ring (bicyclic) bond motifs is 11. The van der Waals surface area contributed by atoms with Gasteiger partial charge in [0.1, 0.15) is 5.52 Å². The molecule has 0 saturated heterocycles. The van der Waals surface area contributed by atoms with E-state index in [1.807, 2.05) is 48.5 Å². The van der Waals surface area contributed by atoms with Gasteiger partial charge in [-0.3, -0.25) is 4.99 Å². The van der Waals surface area contributed by atoms with E-state index in [0.29, 0.717) is 18.1 Å². The van der Waals surface area contributed by atoms with E-state index in [9.17, 15) is 0 Å². The number of rotatable bonds is 5. The summed E-state index contributed by atoms with van der Waals surface area (Å²) in [6, 6.07) is 51.2. The fourth-order valence-corrected chi connectivity index (χ4v) is 8.86.